The molecule has 0 amide bonds. The van der Waals surface area contributed by atoms with E-state index in [1.165, 1.54) is 0 Å². The Bertz CT molecular complexity index is 812. The van der Waals surface area contributed by atoms with Crippen molar-refractivity contribution in [2.45, 2.75) is 6.92 Å². The number of furan rings is 1. The molecule has 116 valence electrons. The maximum Gasteiger partial charge on any atom is 0.196 e. The van der Waals surface area contributed by atoms with E-state index < -0.39 is 0 Å². The van der Waals surface area contributed by atoms with Crippen molar-refractivity contribution in [3.05, 3.63) is 29.0 Å². The van der Waals surface area contributed by atoms with Crippen LogP contribution in [0.3, 0.4) is 0 Å². The van der Waals surface area contributed by atoms with Gasteiger partial charge in [-0.1, -0.05) is 11.6 Å². The summed E-state index contributed by atoms with van der Waals surface area (Å²) in [4.78, 5) is 10.7. The van der Waals surface area contributed by atoms with Crippen molar-refractivity contribution in [1.29, 1.82) is 0 Å². The number of aryl methyl sites for hydroxylation is 1. The summed E-state index contributed by atoms with van der Waals surface area (Å²) in [6, 6.07) is 5.35. The smallest absolute Gasteiger partial charge is 0.196 e. The van der Waals surface area contributed by atoms with Crippen LogP contribution in [0.15, 0.2) is 22.6 Å². The molecule has 0 fully saturated rings. The van der Waals surface area contributed by atoms with E-state index in [9.17, 15) is 10.2 Å². The van der Waals surface area contributed by atoms with Gasteiger partial charge in [0, 0.05) is 23.5 Å². The second-order valence-electron chi connectivity index (χ2n) is 4.95. The van der Waals surface area contributed by atoms with Crippen molar-refractivity contribution >= 4 is 39.5 Å². The van der Waals surface area contributed by atoms with Gasteiger partial charge in [0.05, 0.1) is 13.2 Å². The van der Waals surface area contributed by atoms with Gasteiger partial charge in [0.25, 0.3) is 0 Å². The van der Waals surface area contributed by atoms with Crippen molar-refractivity contribution in [3.8, 4) is 0 Å². The van der Waals surface area contributed by atoms with Gasteiger partial charge in [0.1, 0.15) is 16.9 Å². The highest BCUT2D eigenvalue weighted by Crippen LogP contribution is 2.34. The number of fused-ring (bicyclic) bond motifs is 3. The maximum absolute atomic E-state index is 9.23. The Balaban J connectivity index is 2.27. The maximum atomic E-state index is 9.23. The van der Waals surface area contributed by atoms with Gasteiger partial charge >= 0.3 is 0 Å². The van der Waals surface area contributed by atoms with Gasteiger partial charge in [-0.25, -0.2) is 9.97 Å². The average molecular weight is 322 g/mol. The molecule has 3 rings (SSSR count). The molecule has 2 heterocycles. The third-order valence-electron chi connectivity index (χ3n) is 3.41. The van der Waals surface area contributed by atoms with Crippen LogP contribution in [-0.4, -0.2) is 46.5 Å². The number of nitrogens with zero attached hydrogens (tertiary/aromatic N) is 3. The van der Waals surface area contributed by atoms with Gasteiger partial charge in [-0.05, 0) is 25.1 Å². The summed E-state index contributed by atoms with van der Waals surface area (Å²) >= 11 is 6.06. The monoisotopic (exact) mass is 321 g/mol. The number of aromatic nitrogens is 2. The van der Waals surface area contributed by atoms with E-state index in [1.54, 1.807) is 30.0 Å². The molecule has 0 unspecified atom stereocenters. The van der Waals surface area contributed by atoms with Crippen LogP contribution in [0.5, 0.6) is 0 Å². The SMILES string of the molecule is Cc1nc(N(CCO)CCO)c2oc3ccc(Cl)cc3c2n1. The molecular formula is C15H16ClN3O3. The number of hydrogen-bond acceptors (Lipinski definition) is 6. The molecule has 0 bridgehead atoms. The molecule has 7 heteroatoms. The molecule has 0 aliphatic heterocycles. The average Bonchev–Trinajstić information content (AvgIpc) is 2.84. The molecule has 1 aromatic carbocycles. The predicted octanol–water partition coefficient (Wildman–Crippen LogP) is 2.13. The van der Waals surface area contributed by atoms with Gasteiger partial charge in [-0.2, -0.15) is 0 Å². The van der Waals surface area contributed by atoms with E-state index in [0.717, 1.165) is 5.39 Å². The van der Waals surface area contributed by atoms with Crippen LogP contribution in [0, 0.1) is 6.92 Å². The highest BCUT2D eigenvalue weighted by Gasteiger charge is 2.19. The highest BCUT2D eigenvalue weighted by atomic mass is 35.5. The number of aliphatic hydroxyl groups is 2. The fourth-order valence-corrected chi connectivity index (χ4v) is 2.66. The van der Waals surface area contributed by atoms with Gasteiger partial charge in [-0.3, -0.25) is 0 Å². The molecule has 0 saturated heterocycles. The zero-order valence-corrected chi connectivity index (χ0v) is 12.8. The fourth-order valence-electron chi connectivity index (χ4n) is 2.49. The second-order valence-corrected chi connectivity index (χ2v) is 5.39. The van der Waals surface area contributed by atoms with E-state index in [-0.39, 0.29) is 13.2 Å². The Morgan fingerprint density at radius 2 is 1.91 bits per heavy atom. The van der Waals surface area contributed by atoms with E-state index in [4.69, 9.17) is 16.0 Å². The van der Waals surface area contributed by atoms with Crippen LogP contribution in [0.25, 0.3) is 22.1 Å². The van der Waals surface area contributed by atoms with Crippen molar-refractivity contribution in [1.82, 2.24) is 9.97 Å². The Morgan fingerprint density at radius 3 is 2.59 bits per heavy atom. The first kappa shape index (κ1) is 15.0. The Morgan fingerprint density at radius 1 is 1.18 bits per heavy atom. The number of hydrogen-bond donors (Lipinski definition) is 2. The van der Waals surface area contributed by atoms with Crippen LogP contribution in [0.4, 0.5) is 5.82 Å². The summed E-state index contributed by atoms with van der Waals surface area (Å²) in [6.45, 7) is 2.41. The quantitative estimate of drug-likeness (QED) is 0.749. The highest BCUT2D eigenvalue weighted by molar-refractivity contribution is 6.31. The van der Waals surface area contributed by atoms with Crippen molar-refractivity contribution in [2.24, 2.45) is 0 Å². The van der Waals surface area contributed by atoms with E-state index in [1.807, 2.05) is 0 Å². The van der Waals surface area contributed by atoms with Crippen LogP contribution >= 0.6 is 11.6 Å². The largest absolute Gasteiger partial charge is 0.450 e. The molecule has 6 nitrogen and oxygen atoms in total. The van der Waals surface area contributed by atoms with Crippen LogP contribution in [0.1, 0.15) is 5.82 Å². The number of aliphatic hydroxyl groups excluding tert-OH is 2. The summed E-state index contributed by atoms with van der Waals surface area (Å²) in [7, 11) is 0. The zero-order chi connectivity index (χ0) is 15.7. The molecule has 3 aromatic rings. The molecule has 0 saturated carbocycles. The number of benzene rings is 1. The van der Waals surface area contributed by atoms with Gasteiger partial charge in [-0.15, -0.1) is 0 Å². The third-order valence-corrected chi connectivity index (χ3v) is 3.64. The van der Waals surface area contributed by atoms with E-state index in [0.29, 0.717) is 46.4 Å². The van der Waals surface area contributed by atoms with Crippen molar-refractivity contribution < 1.29 is 14.6 Å². The van der Waals surface area contributed by atoms with Crippen LogP contribution in [-0.2, 0) is 0 Å². The topological polar surface area (TPSA) is 82.6 Å². The summed E-state index contributed by atoms with van der Waals surface area (Å²) in [5.41, 5.74) is 1.89. The summed E-state index contributed by atoms with van der Waals surface area (Å²) in [5.74, 6) is 1.16. The Labute approximate surface area is 132 Å². The summed E-state index contributed by atoms with van der Waals surface area (Å²) < 4.78 is 5.88. The first-order valence-corrected chi connectivity index (χ1v) is 7.35. The third kappa shape index (κ3) is 2.61. The molecular weight excluding hydrogens is 306 g/mol. The van der Waals surface area contributed by atoms with Crippen molar-refractivity contribution in [3.63, 3.8) is 0 Å². The molecule has 0 aliphatic rings. The molecule has 2 N–H and O–H groups in total. The molecule has 0 atom stereocenters. The Hall–Kier alpha value is -1.89. The van der Waals surface area contributed by atoms with Gasteiger partial charge < -0.3 is 19.5 Å². The zero-order valence-electron chi connectivity index (χ0n) is 12.1. The van der Waals surface area contributed by atoms with Crippen LogP contribution in [0.2, 0.25) is 5.02 Å². The summed E-state index contributed by atoms with van der Waals surface area (Å²) in [5, 5.41) is 19.9. The van der Waals surface area contributed by atoms with Crippen LogP contribution < -0.4 is 4.90 Å². The standard InChI is InChI=1S/C15H16ClN3O3/c1-9-17-13-11-8-10(16)2-3-12(11)22-14(13)15(18-9)19(4-6-20)5-7-21/h2-3,8,20-21H,4-7H2,1H3. The molecule has 2 aromatic heterocycles. The summed E-state index contributed by atoms with van der Waals surface area (Å²) in [6.07, 6.45) is 0. The number of halogens is 1. The Kier molecular flexibility index (Phi) is 4.15. The molecule has 0 radical (unpaired) electrons. The van der Waals surface area contributed by atoms with Gasteiger partial charge in [0.2, 0.25) is 0 Å². The number of anilines is 1. The minimum absolute atomic E-state index is 0.0450. The first-order chi connectivity index (χ1) is 10.6. The van der Waals surface area contributed by atoms with Gasteiger partial charge in [0.15, 0.2) is 11.4 Å². The lowest BCUT2D eigenvalue weighted by atomic mass is 10.2. The lowest BCUT2D eigenvalue weighted by Gasteiger charge is -2.21. The predicted molar refractivity (Wildman–Crippen MR) is 85.4 cm³/mol. The lowest BCUT2D eigenvalue weighted by Crippen LogP contribution is -2.30. The molecule has 0 aliphatic carbocycles. The second kappa shape index (κ2) is 6.08. The molecule has 22 heavy (non-hydrogen) atoms. The fraction of sp³-hybridized carbons (Fsp3) is 0.333. The number of rotatable bonds is 5. The van der Waals surface area contributed by atoms with Crippen molar-refractivity contribution in [2.75, 3.05) is 31.2 Å². The molecule has 0 spiro atoms. The first-order valence-electron chi connectivity index (χ1n) is 6.97. The van der Waals surface area contributed by atoms with E-state index in [2.05, 4.69) is 9.97 Å². The minimum atomic E-state index is -0.0450. The van der Waals surface area contributed by atoms with E-state index >= 15 is 0 Å². The minimum Gasteiger partial charge on any atom is -0.450 e. The normalized spacial score (nSPS) is 11.5. The lowest BCUT2D eigenvalue weighted by molar-refractivity contribution is 0.280.